The van der Waals surface area contributed by atoms with Crippen LogP contribution < -0.4 is 15.4 Å². The Kier molecular flexibility index (Phi) is 6.19. The van der Waals surface area contributed by atoms with E-state index in [1.54, 1.807) is 16.9 Å². The Morgan fingerprint density at radius 3 is 2.76 bits per heavy atom. The van der Waals surface area contributed by atoms with E-state index in [2.05, 4.69) is 50.0 Å². The van der Waals surface area contributed by atoms with Crippen molar-refractivity contribution in [2.24, 2.45) is 7.05 Å². The van der Waals surface area contributed by atoms with Gasteiger partial charge in [-0.05, 0) is 23.8 Å². The minimum atomic E-state index is -0.138. The minimum Gasteiger partial charge on any atom is -0.469 e. The molecule has 34 heavy (non-hydrogen) atoms. The van der Waals surface area contributed by atoms with E-state index >= 15 is 0 Å². The summed E-state index contributed by atoms with van der Waals surface area (Å²) in [5, 5.41) is 20.4. The van der Waals surface area contributed by atoms with Gasteiger partial charge in [-0.25, -0.2) is 4.98 Å². The summed E-state index contributed by atoms with van der Waals surface area (Å²) in [6.07, 6.45) is 7.84. The van der Waals surface area contributed by atoms with Crippen LogP contribution in [-0.2, 0) is 13.5 Å². The number of aromatic nitrogens is 4. The molecule has 3 aromatic heterocycles. The molecule has 8 nitrogen and oxygen atoms in total. The van der Waals surface area contributed by atoms with Crippen molar-refractivity contribution in [1.82, 2.24) is 25.1 Å². The molecular formula is C26H25N7O. The van der Waals surface area contributed by atoms with Crippen molar-refractivity contribution in [2.45, 2.75) is 18.6 Å². The van der Waals surface area contributed by atoms with Gasteiger partial charge in [0.05, 0.1) is 30.0 Å². The third-order valence-electron chi connectivity index (χ3n) is 5.88. The van der Waals surface area contributed by atoms with Gasteiger partial charge in [0.15, 0.2) is 0 Å². The molecule has 4 aromatic rings. The molecule has 170 valence electrons. The van der Waals surface area contributed by atoms with Crippen molar-refractivity contribution < 1.29 is 4.74 Å². The van der Waals surface area contributed by atoms with Gasteiger partial charge in [-0.3, -0.25) is 9.67 Å². The Labute approximate surface area is 198 Å². The summed E-state index contributed by atoms with van der Waals surface area (Å²) in [5.74, 6) is 0.598. The molecule has 1 aliphatic heterocycles. The lowest BCUT2D eigenvalue weighted by molar-refractivity contribution is 0.150. The highest BCUT2D eigenvalue weighted by molar-refractivity contribution is 5.69. The van der Waals surface area contributed by atoms with Crippen LogP contribution in [-0.4, -0.2) is 38.9 Å². The van der Waals surface area contributed by atoms with E-state index in [4.69, 9.17) is 10.00 Å². The number of nitriles is 1. The Balaban J connectivity index is 1.30. The number of ether oxygens (including phenoxy) is 1. The maximum absolute atomic E-state index is 8.96. The van der Waals surface area contributed by atoms with Gasteiger partial charge in [-0.15, -0.1) is 0 Å². The fraction of sp³-hybridized carbons (Fsp3) is 0.231. The van der Waals surface area contributed by atoms with Crippen LogP contribution in [0.1, 0.15) is 22.9 Å². The largest absolute Gasteiger partial charge is 0.469 e. The van der Waals surface area contributed by atoms with E-state index < -0.39 is 0 Å². The summed E-state index contributed by atoms with van der Waals surface area (Å²) in [6.45, 7) is 1.37. The number of pyridine rings is 2. The van der Waals surface area contributed by atoms with E-state index in [0.717, 1.165) is 41.0 Å². The summed E-state index contributed by atoms with van der Waals surface area (Å²) in [6, 6.07) is 18.1. The number of anilines is 1. The lowest BCUT2D eigenvalue weighted by Crippen LogP contribution is -2.43. The summed E-state index contributed by atoms with van der Waals surface area (Å²) >= 11 is 0. The van der Waals surface area contributed by atoms with Gasteiger partial charge in [0, 0.05) is 55.4 Å². The van der Waals surface area contributed by atoms with E-state index in [1.807, 2.05) is 49.9 Å². The third kappa shape index (κ3) is 4.75. The second kappa shape index (κ2) is 9.73. The summed E-state index contributed by atoms with van der Waals surface area (Å²) in [5.41, 5.74) is 5.55. The monoisotopic (exact) mass is 451 g/mol. The first-order valence-electron chi connectivity index (χ1n) is 11.2. The molecule has 1 aromatic carbocycles. The van der Waals surface area contributed by atoms with Gasteiger partial charge < -0.3 is 15.4 Å². The average Bonchev–Trinajstić information content (AvgIpc) is 3.33. The van der Waals surface area contributed by atoms with Crippen LogP contribution in [0.25, 0.3) is 11.1 Å². The SMILES string of the molecule is Cn1cc(-c2cnc3c(c2)NC[C@@H]([C@H](NCCc2ccc(C#N)cn2)c2ccccc2)O3)cn1. The highest BCUT2D eigenvalue weighted by atomic mass is 16.5. The number of nitrogens with zero attached hydrogens (tertiary/aromatic N) is 5. The molecule has 0 amide bonds. The smallest absolute Gasteiger partial charge is 0.237 e. The summed E-state index contributed by atoms with van der Waals surface area (Å²) < 4.78 is 8.15. The molecule has 0 bridgehead atoms. The molecule has 0 aliphatic carbocycles. The van der Waals surface area contributed by atoms with Crippen molar-refractivity contribution in [3.63, 3.8) is 0 Å². The molecule has 0 fully saturated rings. The highest BCUT2D eigenvalue weighted by Crippen LogP contribution is 2.34. The number of rotatable bonds is 7. The minimum absolute atomic E-state index is 0.0277. The Hall–Kier alpha value is -4.22. The lowest BCUT2D eigenvalue weighted by Gasteiger charge is -2.33. The Morgan fingerprint density at radius 2 is 2.03 bits per heavy atom. The molecule has 0 saturated heterocycles. The molecule has 0 spiro atoms. The van der Waals surface area contributed by atoms with Crippen LogP contribution in [0.2, 0.25) is 0 Å². The van der Waals surface area contributed by atoms with Gasteiger partial charge in [-0.2, -0.15) is 10.4 Å². The molecule has 5 rings (SSSR count). The summed E-state index contributed by atoms with van der Waals surface area (Å²) in [7, 11) is 1.90. The van der Waals surface area contributed by atoms with E-state index in [1.165, 1.54) is 0 Å². The predicted octanol–water partition coefficient (Wildman–Crippen LogP) is 3.50. The normalized spacial score (nSPS) is 15.5. The predicted molar refractivity (Wildman–Crippen MR) is 129 cm³/mol. The van der Waals surface area contributed by atoms with Crippen LogP contribution in [0.3, 0.4) is 0 Å². The number of hydrogen-bond acceptors (Lipinski definition) is 7. The summed E-state index contributed by atoms with van der Waals surface area (Å²) in [4.78, 5) is 8.96. The van der Waals surface area contributed by atoms with Gasteiger partial charge >= 0.3 is 0 Å². The first-order chi connectivity index (χ1) is 16.7. The highest BCUT2D eigenvalue weighted by Gasteiger charge is 2.29. The average molecular weight is 452 g/mol. The number of nitrogens with one attached hydrogen (secondary N) is 2. The molecule has 4 heterocycles. The lowest BCUT2D eigenvalue weighted by atomic mass is 9.99. The third-order valence-corrected chi connectivity index (χ3v) is 5.88. The maximum atomic E-state index is 8.96. The van der Waals surface area contributed by atoms with E-state index in [9.17, 15) is 0 Å². The topological polar surface area (TPSA) is 101 Å². The molecule has 2 atom stereocenters. The van der Waals surface area contributed by atoms with Crippen molar-refractivity contribution in [1.29, 1.82) is 5.26 Å². The zero-order chi connectivity index (χ0) is 23.3. The molecule has 0 unspecified atom stereocenters. The Bertz CT molecular complexity index is 1290. The van der Waals surface area contributed by atoms with E-state index in [0.29, 0.717) is 18.0 Å². The number of hydrogen-bond donors (Lipinski definition) is 2. The van der Waals surface area contributed by atoms with Crippen molar-refractivity contribution in [3.8, 4) is 23.1 Å². The fourth-order valence-electron chi connectivity index (χ4n) is 4.10. The van der Waals surface area contributed by atoms with Crippen LogP contribution in [0.5, 0.6) is 5.88 Å². The molecule has 1 aliphatic rings. The molecule has 0 saturated carbocycles. The molecule has 0 radical (unpaired) electrons. The van der Waals surface area contributed by atoms with Crippen molar-refractivity contribution in [2.75, 3.05) is 18.4 Å². The molecule has 2 N–H and O–H groups in total. The van der Waals surface area contributed by atoms with Crippen LogP contribution in [0.4, 0.5) is 5.69 Å². The van der Waals surface area contributed by atoms with Crippen molar-refractivity contribution in [3.05, 3.63) is 90.1 Å². The van der Waals surface area contributed by atoms with Gasteiger partial charge in [0.1, 0.15) is 12.2 Å². The standard InChI is InChI=1S/C26H25N7O/c1-33-17-21(15-32-33)20-11-23-26(31-14-20)34-24(16-30-23)25(19-5-3-2-4-6-19)28-10-9-22-8-7-18(12-27)13-29-22/h2-8,11,13-15,17,24-25,28,30H,9-10,16H2,1H3/t24-,25+/m0/s1. The maximum Gasteiger partial charge on any atom is 0.237 e. The van der Waals surface area contributed by atoms with Crippen LogP contribution >= 0.6 is 0 Å². The zero-order valence-corrected chi connectivity index (χ0v) is 18.8. The first kappa shape index (κ1) is 21.6. The molecule has 8 heteroatoms. The van der Waals surface area contributed by atoms with Crippen molar-refractivity contribution >= 4 is 5.69 Å². The quantitative estimate of drug-likeness (QED) is 0.444. The first-order valence-corrected chi connectivity index (χ1v) is 11.2. The van der Waals surface area contributed by atoms with Gasteiger partial charge in [-0.1, -0.05) is 30.3 Å². The van der Waals surface area contributed by atoms with Crippen LogP contribution in [0, 0.1) is 11.3 Å². The fourth-order valence-corrected chi connectivity index (χ4v) is 4.10. The van der Waals surface area contributed by atoms with Crippen LogP contribution in [0.15, 0.2) is 73.3 Å². The second-order valence-electron chi connectivity index (χ2n) is 8.26. The van der Waals surface area contributed by atoms with Gasteiger partial charge in [0.25, 0.3) is 0 Å². The Morgan fingerprint density at radius 1 is 1.15 bits per heavy atom. The zero-order valence-electron chi connectivity index (χ0n) is 18.8. The number of fused-ring (bicyclic) bond motifs is 1. The second-order valence-corrected chi connectivity index (χ2v) is 8.26. The number of benzene rings is 1. The van der Waals surface area contributed by atoms with Gasteiger partial charge in [0.2, 0.25) is 5.88 Å². The number of aryl methyl sites for hydroxylation is 1. The molecular weight excluding hydrogens is 426 g/mol. The van der Waals surface area contributed by atoms with E-state index in [-0.39, 0.29) is 12.1 Å².